The van der Waals surface area contributed by atoms with Gasteiger partial charge in [-0.1, -0.05) is 42.5 Å². The molecule has 2 amide bonds. The fraction of sp³-hybridized carbons (Fsp3) is 0.0526. The minimum atomic E-state index is -0.990. The van der Waals surface area contributed by atoms with Gasteiger partial charge in [-0.05, 0) is 29.8 Å². The summed E-state index contributed by atoms with van der Waals surface area (Å²) in [5.41, 5.74) is 6.18. The van der Waals surface area contributed by atoms with Crippen LogP contribution in [0.2, 0.25) is 0 Å². The van der Waals surface area contributed by atoms with E-state index in [1.807, 2.05) is 0 Å². The van der Waals surface area contributed by atoms with Crippen LogP contribution in [0, 0.1) is 5.82 Å². The van der Waals surface area contributed by atoms with Crippen LogP contribution in [0.15, 0.2) is 71.1 Å². The lowest BCUT2D eigenvalue weighted by atomic mass is 10.1. The van der Waals surface area contributed by atoms with Gasteiger partial charge in [-0.2, -0.15) is 0 Å². The zero-order valence-corrected chi connectivity index (χ0v) is 13.1. The van der Waals surface area contributed by atoms with Crippen molar-refractivity contribution in [3.63, 3.8) is 0 Å². The molecule has 0 saturated carbocycles. The molecule has 0 radical (unpaired) electrons. The Kier molecular flexibility index (Phi) is 4.61. The molecule has 3 rings (SSSR count). The molecule has 0 spiro atoms. The molecule has 25 heavy (non-hydrogen) atoms. The van der Waals surface area contributed by atoms with Crippen LogP contribution in [0.5, 0.6) is 0 Å². The van der Waals surface area contributed by atoms with Crippen LogP contribution in [0.25, 0.3) is 11.3 Å². The Morgan fingerprint density at radius 3 is 2.32 bits per heavy atom. The summed E-state index contributed by atoms with van der Waals surface area (Å²) in [5.74, 6) is -1.59. The molecule has 5 nitrogen and oxygen atoms in total. The summed E-state index contributed by atoms with van der Waals surface area (Å²) in [7, 11) is 0. The Balaban J connectivity index is 1.82. The van der Waals surface area contributed by atoms with Gasteiger partial charge in [0.25, 0.3) is 5.91 Å². The maximum Gasteiger partial charge on any atom is 0.287 e. The Bertz CT molecular complexity index is 906. The van der Waals surface area contributed by atoms with E-state index < -0.39 is 23.7 Å². The first kappa shape index (κ1) is 16.4. The van der Waals surface area contributed by atoms with Crippen LogP contribution < -0.4 is 11.1 Å². The van der Waals surface area contributed by atoms with Crippen molar-refractivity contribution < 1.29 is 18.4 Å². The Labute approximate surface area is 143 Å². The lowest BCUT2D eigenvalue weighted by molar-refractivity contribution is -0.120. The van der Waals surface area contributed by atoms with Gasteiger partial charge < -0.3 is 15.5 Å². The highest BCUT2D eigenvalue weighted by Crippen LogP contribution is 2.25. The molecule has 1 unspecified atom stereocenters. The summed E-state index contributed by atoms with van der Waals surface area (Å²) in [6, 6.07) is 16.6. The molecule has 6 heteroatoms. The van der Waals surface area contributed by atoms with E-state index in [-0.39, 0.29) is 17.1 Å². The van der Waals surface area contributed by atoms with Gasteiger partial charge in [-0.15, -0.1) is 0 Å². The molecule has 0 aliphatic heterocycles. The fourth-order valence-corrected chi connectivity index (χ4v) is 2.43. The van der Waals surface area contributed by atoms with Crippen molar-refractivity contribution >= 4 is 11.8 Å². The average Bonchev–Trinajstić information content (AvgIpc) is 3.10. The highest BCUT2D eigenvalue weighted by molar-refractivity contribution is 5.96. The molecule has 0 aliphatic rings. The fourth-order valence-electron chi connectivity index (χ4n) is 2.43. The largest absolute Gasteiger partial charge is 0.451 e. The second kappa shape index (κ2) is 7.00. The van der Waals surface area contributed by atoms with Gasteiger partial charge in [0.2, 0.25) is 5.91 Å². The summed E-state index contributed by atoms with van der Waals surface area (Å²) in [5, 5.41) is 2.53. The predicted molar refractivity (Wildman–Crippen MR) is 89.9 cm³/mol. The molecule has 0 fully saturated rings. The van der Waals surface area contributed by atoms with Gasteiger partial charge in [0, 0.05) is 0 Å². The van der Waals surface area contributed by atoms with Crippen molar-refractivity contribution in [1.29, 1.82) is 0 Å². The van der Waals surface area contributed by atoms with E-state index in [0.29, 0.717) is 5.56 Å². The third-order valence-electron chi connectivity index (χ3n) is 3.66. The number of hydrogen-bond donors (Lipinski definition) is 2. The van der Waals surface area contributed by atoms with E-state index >= 15 is 0 Å². The van der Waals surface area contributed by atoms with Gasteiger partial charge in [0.15, 0.2) is 5.76 Å². The number of benzene rings is 2. The smallest absolute Gasteiger partial charge is 0.287 e. The molecule has 3 N–H and O–H groups in total. The summed E-state index contributed by atoms with van der Waals surface area (Å²) in [6.45, 7) is 0. The normalized spacial score (nSPS) is 11.7. The van der Waals surface area contributed by atoms with E-state index in [2.05, 4.69) is 5.32 Å². The molecule has 126 valence electrons. The zero-order valence-electron chi connectivity index (χ0n) is 13.1. The quantitative estimate of drug-likeness (QED) is 0.750. The molecular formula is C19H15FN2O3. The first-order valence-corrected chi connectivity index (χ1v) is 7.56. The van der Waals surface area contributed by atoms with Crippen molar-refractivity contribution in [2.24, 2.45) is 5.73 Å². The number of rotatable bonds is 5. The standard InChI is InChI=1S/C19H15FN2O3/c20-14-9-5-4-8-13(14)15-10-11-16(25-15)19(24)22-17(18(21)23)12-6-2-1-3-7-12/h1-11,17H,(H2,21,23)(H,22,24). The number of furan rings is 1. The Hall–Kier alpha value is -3.41. The molecule has 0 aliphatic carbocycles. The van der Waals surface area contributed by atoms with Gasteiger partial charge in [-0.25, -0.2) is 4.39 Å². The summed E-state index contributed by atoms with van der Waals surface area (Å²) >= 11 is 0. The number of hydrogen-bond acceptors (Lipinski definition) is 3. The predicted octanol–water partition coefficient (Wildman–Crippen LogP) is 3.04. The number of carbonyl (C=O) groups excluding carboxylic acids is 2. The topological polar surface area (TPSA) is 85.3 Å². The average molecular weight is 338 g/mol. The third-order valence-corrected chi connectivity index (χ3v) is 3.66. The van der Waals surface area contributed by atoms with E-state index in [0.717, 1.165) is 0 Å². The highest BCUT2D eigenvalue weighted by atomic mass is 19.1. The van der Waals surface area contributed by atoms with Crippen molar-refractivity contribution in [1.82, 2.24) is 5.32 Å². The number of nitrogens with one attached hydrogen (secondary N) is 1. The monoisotopic (exact) mass is 338 g/mol. The van der Waals surface area contributed by atoms with E-state index in [9.17, 15) is 14.0 Å². The molecule has 1 aromatic heterocycles. The molecule has 1 heterocycles. The van der Waals surface area contributed by atoms with E-state index in [1.54, 1.807) is 48.5 Å². The SMILES string of the molecule is NC(=O)C(NC(=O)c1ccc(-c2ccccc2F)o1)c1ccccc1. The van der Waals surface area contributed by atoms with Crippen molar-refractivity contribution in [3.05, 3.63) is 83.9 Å². The molecule has 0 bridgehead atoms. The summed E-state index contributed by atoms with van der Waals surface area (Å²) < 4.78 is 19.2. The highest BCUT2D eigenvalue weighted by Gasteiger charge is 2.22. The maximum absolute atomic E-state index is 13.8. The first-order chi connectivity index (χ1) is 12.1. The van der Waals surface area contributed by atoms with Gasteiger partial charge in [0.1, 0.15) is 17.6 Å². The minimum Gasteiger partial charge on any atom is -0.451 e. The van der Waals surface area contributed by atoms with Crippen LogP contribution in [-0.4, -0.2) is 11.8 Å². The van der Waals surface area contributed by atoms with E-state index in [1.165, 1.54) is 18.2 Å². The lowest BCUT2D eigenvalue weighted by Gasteiger charge is -2.14. The first-order valence-electron chi connectivity index (χ1n) is 7.56. The number of carbonyl (C=O) groups is 2. The van der Waals surface area contributed by atoms with E-state index in [4.69, 9.17) is 10.2 Å². The van der Waals surface area contributed by atoms with Crippen LogP contribution in [0.3, 0.4) is 0 Å². The molecule has 1 atom stereocenters. The zero-order chi connectivity index (χ0) is 17.8. The minimum absolute atomic E-state index is 0.0413. The van der Waals surface area contributed by atoms with Crippen LogP contribution in [0.1, 0.15) is 22.2 Å². The van der Waals surface area contributed by atoms with Crippen molar-refractivity contribution in [2.75, 3.05) is 0 Å². The lowest BCUT2D eigenvalue weighted by Crippen LogP contribution is -2.37. The maximum atomic E-state index is 13.8. The number of nitrogens with two attached hydrogens (primary N) is 1. The second-order valence-corrected chi connectivity index (χ2v) is 5.36. The molecule has 0 saturated heterocycles. The van der Waals surface area contributed by atoms with Gasteiger partial charge >= 0.3 is 0 Å². The van der Waals surface area contributed by atoms with Crippen molar-refractivity contribution in [2.45, 2.75) is 6.04 Å². The summed E-state index contributed by atoms with van der Waals surface area (Å²) in [4.78, 5) is 24.0. The van der Waals surface area contributed by atoms with Crippen molar-refractivity contribution in [3.8, 4) is 11.3 Å². The van der Waals surface area contributed by atoms with Gasteiger partial charge in [0.05, 0.1) is 5.56 Å². The van der Waals surface area contributed by atoms with Crippen LogP contribution in [0.4, 0.5) is 4.39 Å². The Morgan fingerprint density at radius 1 is 0.960 bits per heavy atom. The van der Waals surface area contributed by atoms with Crippen LogP contribution >= 0.6 is 0 Å². The molecular weight excluding hydrogens is 323 g/mol. The molecule has 3 aromatic rings. The number of primary amides is 1. The number of amides is 2. The molecule has 2 aromatic carbocycles. The third kappa shape index (κ3) is 3.58. The van der Waals surface area contributed by atoms with Gasteiger partial charge in [-0.3, -0.25) is 9.59 Å². The second-order valence-electron chi connectivity index (χ2n) is 5.36. The van der Waals surface area contributed by atoms with Crippen LogP contribution in [-0.2, 0) is 4.79 Å². The number of halogens is 1. The Morgan fingerprint density at radius 2 is 1.64 bits per heavy atom. The summed E-state index contributed by atoms with van der Waals surface area (Å²) in [6.07, 6.45) is 0.